The van der Waals surface area contributed by atoms with Gasteiger partial charge in [0, 0.05) is 0 Å². The SMILES string of the molecule is COc1cccc(C(=O)NC(CC(N)=O)C(=O)O)c1OC. The van der Waals surface area contributed by atoms with Crippen LogP contribution in [0.15, 0.2) is 18.2 Å². The first kappa shape index (κ1) is 16.3. The van der Waals surface area contributed by atoms with Gasteiger partial charge in [0.1, 0.15) is 6.04 Å². The van der Waals surface area contributed by atoms with Crippen LogP contribution in [0.25, 0.3) is 0 Å². The van der Waals surface area contributed by atoms with Crippen molar-refractivity contribution >= 4 is 17.8 Å². The number of hydrogen-bond acceptors (Lipinski definition) is 5. The highest BCUT2D eigenvalue weighted by atomic mass is 16.5. The molecule has 0 aromatic heterocycles. The lowest BCUT2D eigenvalue weighted by Gasteiger charge is -2.15. The van der Waals surface area contributed by atoms with Crippen LogP contribution in [0, 0.1) is 0 Å². The summed E-state index contributed by atoms with van der Waals surface area (Å²) < 4.78 is 10.1. The Balaban J connectivity index is 3.02. The molecule has 0 saturated carbocycles. The Hall–Kier alpha value is -2.77. The lowest BCUT2D eigenvalue weighted by Crippen LogP contribution is -2.43. The summed E-state index contributed by atoms with van der Waals surface area (Å²) >= 11 is 0. The zero-order valence-electron chi connectivity index (χ0n) is 11.6. The molecule has 0 heterocycles. The van der Waals surface area contributed by atoms with E-state index in [9.17, 15) is 14.4 Å². The molecule has 0 fully saturated rings. The average molecular weight is 296 g/mol. The maximum absolute atomic E-state index is 12.1. The summed E-state index contributed by atoms with van der Waals surface area (Å²) in [6, 6.07) is 3.18. The van der Waals surface area contributed by atoms with Crippen LogP contribution in [0.3, 0.4) is 0 Å². The van der Waals surface area contributed by atoms with Crippen LogP contribution in [0.2, 0.25) is 0 Å². The molecule has 0 radical (unpaired) electrons. The van der Waals surface area contributed by atoms with Crippen molar-refractivity contribution in [3.05, 3.63) is 23.8 Å². The van der Waals surface area contributed by atoms with Crippen molar-refractivity contribution in [1.29, 1.82) is 0 Å². The fraction of sp³-hybridized carbons (Fsp3) is 0.308. The number of aliphatic carboxylic acids is 1. The summed E-state index contributed by atoms with van der Waals surface area (Å²) in [6.45, 7) is 0. The van der Waals surface area contributed by atoms with Crippen LogP contribution < -0.4 is 20.5 Å². The summed E-state index contributed by atoms with van der Waals surface area (Å²) in [7, 11) is 2.76. The number of nitrogens with two attached hydrogens (primary N) is 1. The first-order valence-corrected chi connectivity index (χ1v) is 5.93. The van der Waals surface area contributed by atoms with Crippen molar-refractivity contribution in [2.24, 2.45) is 5.73 Å². The van der Waals surface area contributed by atoms with Gasteiger partial charge < -0.3 is 25.6 Å². The van der Waals surface area contributed by atoms with Crippen molar-refractivity contribution in [1.82, 2.24) is 5.32 Å². The maximum atomic E-state index is 12.1. The van der Waals surface area contributed by atoms with Gasteiger partial charge in [0.05, 0.1) is 26.2 Å². The van der Waals surface area contributed by atoms with Crippen LogP contribution >= 0.6 is 0 Å². The van der Waals surface area contributed by atoms with E-state index in [1.54, 1.807) is 12.1 Å². The minimum Gasteiger partial charge on any atom is -0.493 e. The predicted molar refractivity (Wildman–Crippen MR) is 72.2 cm³/mol. The summed E-state index contributed by atoms with van der Waals surface area (Å²) in [4.78, 5) is 33.9. The van der Waals surface area contributed by atoms with E-state index in [1.807, 2.05) is 0 Å². The van der Waals surface area contributed by atoms with Gasteiger partial charge in [-0.2, -0.15) is 0 Å². The summed E-state index contributed by atoms with van der Waals surface area (Å²) in [5.41, 5.74) is 5.04. The number of ether oxygens (including phenoxy) is 2. The van der Waals surface area contributed by atoms with E-state index in [1.165, 1.54) is 20.3 Å². The standard InChI is InChI=1S/C13H16N2O6/c1-20-9-5-3-4-7(11(9)21-2)12(17)15-8(13(18)19)6-10(14)16/h3-5,8H,6H2,1-2H3,(H2,14,16)(H,15,17)(H,18,19). The van der Waals surface area contributed by atoms with Gasteiger partial charge in [-0.15, -0.1) is 0 Å². The number of carbonyl (C=O) groups is 3. The van der Waals surface area contributed by atoms with Gasteiger partial charge in [0.15, 0.2) is 11.5 Å². The smallest absolute Gasteiger partial charge is 0.326 e. The van der Waals surface area contributed by atoms with Gasteiger partial charge in [0.25, 0.3) is 5.91 Å². The van der Waals surface area contributed by atoms with E-state index < -0.39 is 30.2 Å². The minimum absolute atomic E-state index is 0.0903. The fourth-order valence-corrected chi connectivity index (χ4v) is 1.70. The van der Waals surface area contributed by atoms with Gasteiger partial charge in [-0.25, -0.2) is 4.79 Å². The highest BCUT2D eigenvalue weighted by Gasteiger charge is 2.25. The first-order chi connectivity index (χ1) is 9.90. The Labute approximate surface area is 120 Å². The van der Waals surface area contributed by atoms with E-state index in [0.717, 1.165) is 0 Å². The van der Waals surface area contributed by atoms with Crippen molar-refractivity contribution in [2.45, 2.75) is 12.5 Å². The van der Waals surface area contributed by atoms with Gasteiger partial charge >= 0.3 is 5.97 Å². The Bertz CT molecular complexity index is 558. The summed E-state index contributed by atoms with van der Waals surface area (Å²) in [5.74, 6) is -2.41. The minimum atomic E-state index is -1.41. The molecular weight excluding hydrogens is 280 g/mol. The number of para-hydroxylation sites is 1. The zero-order valence-corrected chi connectivity index (χ0v) is 11.6. The van der Waals surface area contributed by atoms with Gasteiger partial charge in [0.2, 0.25) is 5.91 Å². The van der Waals surface area contributed by atoms with Crippen molar-refractivity contribution in [3.63, 3.8) is 0 Å². The molecule has 1 aromatic rings. The monoisotopic (exact) mass is 296 g/mol. The molecule has 1 unspecified atom stereocenters. The highest BCUT2D eigenvalue weighted by molar-refractivity contribution is 6.00. The number of carboxylic acids is 1. The second-order valence-corrected chi connectivity index (χ2v) is 4.08. The van der Waals surface area contributed by atoms with E-state index in [2.05, 4.69) is 5.32 Å². The van der Waals surface area contributed by atoms with E-state index in [0.29, 0.717) is 5.75 Å². The molecule has 0 aliphatic rings. The molecule has 0 aliphatic carbocycles. The van der Waals surface area contributed by atoms with E-state index >= 15 is 0 Å². The molecular formula is C13H16N2O6. The van der Waals surface area contributed by atoms with Crippen LogP contribution in [-0.2, 0) is 9.59 Å². The quantitative estimate of drug-likeness (QED) is 0.637. The third-order valence-corrected chi connectivity index (χ3v) is 2.66. The number of primary amides is 1. The number of carbonyl (C=O) groups excluding carboxylic acids is 2. The molecule has 8 heteroatoms. The number of benzene rings is 1. The normalized spacial score (nSPS) is 11.3. The predicted octanol–water partition coefficient (Wildman–Crippen LogP) is -0.238. The van der Waals surface area contributed by atoms with E-state index in [-0.39, 0.29) is 11.3 Å². The third kappa shape index (κ3) is 4.10. The lowest BCUT2D eigenvalue weighted by molar-refractivity contribution is -0.140. The lowest BCUT2D eigenvalue weighted by atomic mass is 10.1. The number of amides is 2. The number of nitrogens with one attached hydrogen (secondary N) is 1. The zero-order chi connectivity index (χ0) is 16.0. The van der Waals surface area contributed by atoms with Crippen LogP contribution in [-0.4, -0.2) is 43.2 Å². The van der Waals surface area contributed by atoms with Crippen LogP contribution in [0.4, 0.5) is 0 Å². The number of methoxy groups -OCH3 is 2. The molecule has 2 amide bonds. The van der Waals surface area contributed by atoms with Crippen molar-refractivity contribution in [3.8, 4) is 11.5 Å². The first-order valence-electron chi connectivity index (χ1n) is 5.93. The van der Waals surface area contributed by atoms with Gasteiger partial charge in [-0.3, -0.25) is 9.59 Å². The molecule has 0 aliphatic heterocycles. The van der Waals surface area contributed by atoms with Crippen LogP contribution in [0.1, 0.15) is 16.8 Å². The van der Waals surface area contributed by atoms with Gasteiger partial charge in [-0.1, -0.05) is 6.07 Å². The fourth-order valence-electron chi connectivity index (χ4n) is 1.70. The molecule has 0 spiro atoms. The summed E-state index contributed by atoms with van der Waals surface area (Å²) in [5, 5.41) is 11.2. The number of hydrogen-bond donors (Lipinski definition) is 3. The second-order valence-electron chi connectivity index (χ2n) is 4.08. The largest absolute Gasteiger partial charge is 0.493 e. The Morgan fingerprint density at radius 1 is 1.29 bits per heavy atom. The van der Waals surface area contributed by atoms with Crippen LogP contribution in [0.5, 0.6) is 11.5 Å². The Morgan fingerprint density at radius 2 is 1.95 bits per heavy atom. The number of rotatable bonds is 7. The molecule has 0 saturated heterocycles. The van der Waals surface area contributed by atoms with Crippen molar-refractivity contribution in [2.75, 3.05) is 14.2 Å². The molecule has 0 bridgehead atoms. The Kier molecular flexibility index (Phi) is 5.53. The molecule has 1 aromatic carbocycles. The molecule has 1 atom stereocenters. The van der Waals surface area contributed by atoms with E-state index in [4.69, 9.17) is 20.3 Å². The molecule has 1 rings (SSSR count). The maximum Gasteiger partial charge on any atom is 0.326 e. The van der Waals surface area contributed by atoms with Crippen molar-refractivity contribution < 1.29 is 29.0 Å². The number of carboxylic acid groups (broad SMARTS) is 1. The third-order valence-electron chi connectivity index (χ3n) is 2.66. The van der Waals surface area contributed by atoms with Gasteiger partial charge in [-0.05, 0) is 12.1 Å². The second kappa shape index (κ2) is 7.13. The molecule has 114 valence electrons. The Morgan fingerprint density at radius 3 is 2.43 bits per heavy atom. The molecule has 21 heavy (non-hydrogen) atoms. The summed E-state index contributed by atoms with van der Waals surface area (Å²) in [6.07, 6.45) is -0.507. The molecule has 8 nitrogen and oxygen atoms in total. The highest BCUT2D eigenvalue weighted by Crippen LogP contribution is 2.30. The topological polar surface area (TPSA) is 128 Å². The molecule has 4 N–H and O–H groups in total. The average Bonchev–Trinajstić information content (AvgIpc) is 2.44.